The van der Waals surface area contributed by atoms with Crippen LogP contribution < -0.4 is 34.5 Å². The number of carbonyl (C=O) groups is 4. The van der Waals surface area contributed by atoms with E-state index in [1.165, 1.54) is 0 Å². The van der Waals surface area contributed by atoms with Gasteiger partial charge in [0.05, 0.1) is 41.3 Å². The zero-order chi connectivity index (χ0) is 20.4. The summed E-state index contributed by atoms with van der Waals surface area (Å²) in [6, 6.07) is -1.67. The maximum absolute atomic E-state index is 11.6. The Labute approximate surface area is 167 Å². The third-order valence-electron chi connectivity index (χ3n) is 3.95. The summed E-state index contributed by atoms with van der Waals surface area (Å²) in [5.74, 6) is -0.758. The molecule has 0 aliphatic rings. The van der Waals surface area contributed by atoms with Gasteiger partial charge in [-0.05, 0) is 25.7 Å². The van der Waals surface area contributed by atoms with Crippen LogP contribution in [0.15, 0.2) is 0 Å². The Kier molecular flexibility index (Phi) is 12.6. The van der Waals surface area contributed by atoms with Gasteiger partial charge < -0.3 is 32.8 Å². The van der Waals surface area contributed by atoms with E-state index in [0.717, 1.165) is 38.8 Å². The van der Waals surface area contributed by atoms with Gasteiger partial charge in [0, 0.05) is 0 Å². The number of hydrogen-bond donors (Lipinski definition) is 4. The minimum atomic E-state index is -0.833. The van der Waals surface area contributed by atoms with E-state index in [4.69, 9.17) is 11.5 Å². The fourth-order valence-corrected chi connectivity index (χ4v) is 2.72. The summed E-state index contributed by atoms with van der Waals surface area (Å²) >= 11 is 0. The molecule has 0 aromatic rings. The highest BCUT2D eigenvalue weighted by molar-refractivity contribution is 5.94. The van der Waals surface area contributed by atoms with E-state index >= 15 is 0 Å². The van der Waals surface area contributed by atoms with Crippen LogP contribution in [0, 0.1) is 0 Å². The second kappa shape index (κ2) is 12.5. The number of halogens is 1. The van der Waals surface area contributed by atoms with E-state index < -0.39 is 12.1 Å². The van der Waals surface area contributed by atoms with Crippen LogP contribution in [0.4, 0.5) is 9.59 Å². The Hall–Kier alpha value is -1.91. The largest absolute Gasteiger partial charge is 1.00 e. The lowest BCUT2D eigenvalue weighted by Crippen LogP contribution is -3.00. The Morgan fingerprint density at radius 3 is 1.22 bits per heavy atom. The highest BCUT2D eigenvalue weighted by atomic mass is 35.5. The van der Waals surface area contributed by atoms with Gasteiger partial charge in [0.25, 0.3) is 11.8 Å². The van der Waals surface area contributed by atoms with Gasteiger partial charge in [0.15, 0.2) is 13.1 Å². The molecule has 0 fully saturated rings. The molecule has 6 N–H and O–H groups in total. The molecule has 0 atom stereocenters. The number of nitrogens with zero attached hydrogens (tertiary/aromatic N) is 2. The summed E-state index contributed by atoms with van der Waals surface area (Å²) in [5, 5.41) is 4.15. The van der Waals surface area contributed by atoms with Crippen LogP contribution in [0.1, 0.15) is 25.7 Å². The predicted octanol–water partition coefficient (Wildman–Crippen LogP) is -3.91. The summed E-state index contributed by atoms with van der Waals surface area (Å²) in [7, 11) is 7.71. The quantitative estimate of drug-likeness (QED) is 0.204. The number of nitrogens with one attached hydrogen (secondary N) is 2. The zero-order valence-electron chi connectivity index (χ0n) is 16.7. The first kappa shape index (κ1) is 27.3. The first-order valence-electron chi connectivity index (χ1n) is 8.65. The lowest BCUT2D eigenvalue weighted by Gasteiger charge is -2.29. The molecule has 0 saturated carbocycles. The molecule has 0 aromatic heterocycles. The van der Waals surface area contributed by atoms with Crippen LogP contribution in [0.2, 0.25) is 0 Å². The smallest absolute Gasteiger partial charge is 0.318 e. The molecule has 0 radical (unpaired) electrons. The standard InChI is InChI=1S/C16H32N6O4.ClH/c1-21(2,11-13(23)19-15(17)25)9-7-5-6-8-10-22(3,4)12-14(24)20-16(18)26;/h5-12H2,1-4H3,(H4-2,17,18,19,20,23,24,25,26);1H/p+1. The molecule has 0 saturated heterocycles. The number of hydrogen-bond acceptors (Lipinski definition) is 4. The number of nitrogens with two attached hydrogens (primary N) is 2. The van der Waals surface area contributed by atoms with Crippen molar-refractivity contribution in [3.8, 4) is 0 Å². The summed E-state index contributed by atoms with van der Waals surface area (Å²) in [6.07, 6.45) is 3.91. The number of amides is 6. The van der Waals surface area contributed by atoms with Crippen LogP contribution in [0.5, 0.6) is 0 Å². The van der Waals surface area contributed by atoms with Crippen LogP contribution in [0.3, 0.4) is 0 Å². The van der Waals surface area contributed by atoms with Crippen molar-refractivity contribution in [2.45, 2.75) is 25.7 Å². The molecule has 0 rings (SSSR count). The van der Waals surface area contributed by atoms with Crippen LogP contribution in [0.25, 0.3) is 0 Å². The molecular weight excluding hydrogens is 376 g/mol. The van der Waals surface area contributed by atoms with Crippen LogP contribution in [-0.2, 0) is 9.59 Å². The van der Waals surface area contributed by atoms with Crippen molar-refractivity contribution in [2.75, 3.05) is 54.4 Å². The Morgan fingerprint density at radius 2 is 0.963 bits per heavy atom. The first-order chi connectivity index (χ1) is 11.8. The number of carbonyl (C=O) groups excluding carboxylic acids is 4. The van der Waals surface area contributed by atoms with Gasteiger partial charge in [-0.3, -0.25) is 20.2 Å². The number of unbranched alkanes of at least 4 members (excludes halogenated alkanes) is 3. The molecule has 0 aliphatic heterocycles. The molecule has 27 heavy (non-hydrogen) atoms. The van der Waals surface area contributed by atoms with E-state index in [0.29, 0.717) is 8.97 Å². The van der Waals surface area contributed by atoms with Crippen molar-refractivity contribution in [3.63, 3.8) is 0 Å². The highest BCUT2D eigenvalue weighted by Gasteiger charge is 2.22. The van der Waals surface area contributed by atoms with E-state index in [1.807, 2.05) is 28.2 Å². The Balaban J connectivity index is 0. The summed E-state index contributed by atoms with van der Waals surface area (Å²) < 4.78 is 0.960. The first-order valence-corrected chi connectivity index (χ1v) is 8.65. The van der Waals surface area contributed by atoms with Gasteiger partial charge in [-0.25, -0.2) is 9.59 Å². The molecule has 0 heterocycles. The van der Waals surface area contributed by atoms with E-state index in [-0.39, 0.29) is 37.3 Å². The molecule has 0 aromatic carbocycles. The Bertz CT molecular complexity index is 479. The second-order valence-electron chi connectivity index (χ2n) is 7.87. The number of likely N-dealkylation sites (N-methyl/N-ethyl adjacent to an activating group) is 2. The minimum Gasteiger partial charge on any atom is -1.00 e. The average molecular weight is 410 g/mol. The molecule has 11 heteroatoms. The molecule has 0 spiro atoms. The molecule has 0 unspecified atom stereocenters. The fourth-order valence-electron chi connectivity index (χ4n) is 2.72. The number of imide groups is 2. The molecular formula is C16H34ClN6O4+. The predicted molar refractivity (Wildman–Crippen MR) is 97.6 cm³/mol. The fraction of sp³-hybridized carbons (Fsp3) is 0.750. The topological polar surface area (TPSA) is 144 Å². The summed E-state index contributed by atoms with van der Waals surface area (Å²) in [5.41, 5.74) is 9.86. The molecule has 6 amide bonds. The van der Waals surface area contributed by atoms with Crippen molar-refractivity contribution in [1.29, 1.82) is 0 Å². The van der Waals surface area contributed by atoms with Gasteiger partial charge >= 0.3 is 12.1 Å². The number of rotatable bonds is 11. The average Bonchev–Trinajstić information content (AvgIpc) is 2.38. The van der Waals surface area contributed by atoms with Gasteiger partial charge in [-0.15, -0.1) is 0 Å². The number of primary amides is 2. The highest BCUT2D eigenvalue weighted by Crippen LogP contribution is 2.08. The third-order valence-corrected chi connectivity index (χ3v) is 3.95. The van der Waals surface area contributed by atoms with Crippen molar-refractivity contribution in [3.05, 3.63) is 0 Å². The molecule has 0 bridgehead atoms. The van der Waals surface area contributed by atoms with Crippen LogP contribution in [-0.4, -0.2) is 87.2 Å². The molecule has 158 valence electrons. The summed E-state index contributed by atoms with van der Waals surface area (Å²) in [4.78, 5) is 44.5. The normalized spacial score (nSPS) is 11.3. The Morgan fingerprint density at radius 1 is 0.667 bits per heavy atom. The van der Waals surface area contributed by atoms with Crippen molar-refractivity contribution in [2.24, 2.45) is 11.5 Å². The van der Waals surface area contributed by atoms with Gasteiger partial charge in [-0.2, -0.15) is 0 Å². The van der Waals surface area contributed by atoms with E-state index in [2.05, 4.69) is 10.6 Å². The minimum absolute atomic E-state index is 0. The van der Waals surface area contributed by atoms with Gasteiger partial charge in [0.2, 0.25) is 0 Å². The SMILES string of the molecule is C[N+](C)(CCCCCC[N+](C)(C)CC(=O)NC(N)=O)CC(=O)NC(N)=O.[Cl-]. The van der Waals surface area contributed by atoms with Crippen molar-refractivity contribution >= 4 is 23.9 Å². The van der Waals surface area contributed by atoms with Crippen LogP contribution >= 0.6 is 0 Å². The number of quaternary nitrogens is 2. The monoisotopic (exact) mass is 409 g/mol. The maximum atomic E-state index is 11.6. The lowest BCUT2D eigenvalue weighted by atomic mass is 10.1. The number of urea groups is 2. The molecule has 10 nitrogen and oxygen atoms in total. The van der Waals surface area contributed by atoms with Gasteiger partial charge in [-0.1, -0.05) is 0 Å². The van der Waals surface area contributed by atoms with E-state index in [9.17, 15) is 19.2 Å². The van der Waals surface area contributed by atoms with Gasteiger partial charge in [0.1, 0.15) is 0 Å². The zero-order valence-corrected chi connectivity index (χ0v) is 17.5. The van der Waals surface area contributed by atoms with Crippen molar-refractivity contribution < 1.29 is 40.6 Å². The van der Waals surface area contributed by atoms with E-state index in [1.54, 1.807) is 0 Å². The lowest BCUT2D eigenvalue weighted by molar-refractivity contribution is -0.883. The summed E-state index contributed by atoms with van der Waals surface area (Å²) in [6.45, 7) is 2.01. The maximum Gasteiger partial charge on any atom is 0.318 e. The third kappa shape index (κ3) is 16.0. The molecule has 0 aliphatic carbocycles. The van der Waals surface area contributed by atoms with Crippen molar-refractivity contribution in [1.82, 2.24) is 10.6 Å². The second-order valence-corrected chi connectivity index (χ2v) is 7.87.